The number of phosphoric ester groups is 1. The van der Waals surface area contributed by atoms with Crippen molar-refractivity contribution in [3.8, 4) is 0 Å². The van der Waals surface area contributed by atoms with Gasteiger partial charge in [0.05, 0.1) is 6.61 Å². The van der Waals surface area contributed by atoms with Crippen LogP contribution in [0.15, 0.2) is 0 Å². The summed E-state index contributed by atoms with van der Waals surface area (Å²) in [7, 11) is 1.76. The summed E-state index contributed by atoms with van der Waals surface area (Å²) in [6.07, 6.45) is 12.0. The molecule has 0 heterocycles. The van der Waals surface area contributed by atoms with E-state index in [4.69, 9.17) is 9.79 Å². The molecule has 0 saturated carbocycles. The minimum atomic E-state index is -4.24. The number of phosphoric acid groups is 1. The molecule has 0 aliphatic carbocycles. The first-order chi connectivity index (χ1) is 9.79. The summed E-state index contributed by atoms with van der Waals surface area (Å²) in [5, 5.41) is 0. The minimum absolute atomic E-state index is 0. The molecule has 0 radical (unpaired) electrons. The van der Waals surface area contributed by atoms with Gasteiger partial charge in [0.25, 0.3) is 0 Å². The lowest BCUT2D eigenvalue weighted by molar-refractivity contribution is 0.193. The number of unbranched alkanes of at least 4 members (excludes halogenated alkanes) is 9. The summed E-state index contributed by atoms with van der Waals surface area (Å²) in [5.41, 5.74) is 0. The maximum atomic E-state index is 10.4. The number of nitrogens with zero attached hydrogens (tertiary/aromatic N) is 1. The third-order valence-electron chi connectivity index (χ3n) is 2.76. The van der Waals surface area contributed by atoms with E-state index in [1.165, 1.54) is 44.9 Å². The zero-order valence-electron chi connectivity index (χ0n) is 15.1. The van der Waals surface area contributed by atoms with Crippen molar-refractivity contribution in [2.45, 2.75) is 71.1 Å². The zero-order chi connectivity index (χ0) is 16.6. The largest absolute Gasteiger partial charge is 0.469 e. The maximum Gasteiger partial charge on any atom is 0.469 e. The number of hydrogen-bond acceptors (Lipinski definition) is 4. The van der Waals surface area contributed by atoms with Gasteiger partial charge in [-0.15, -0.1) is 0 Å². The molecule has 0 fully saturated rings. The molecule has 0 aliphatic heterocycles. The van der Waals surface area contributed by atoms with Crippen LogP contribution in [0.5, 0.6) is 0 Å². The molecule has 5 N–H and O–H groups in total. The van der Waals surface area contributed by atoms with Crippen LogP contribution >= 0.6 is 7.82 Å². The Hall–Kier alpha value is 0.0300. The van der Waals surface area contributed by atoms with Crippen LogP contribution in [-0.2, 0) is 9.09 Å². The van der Waals surface area contributed by atoms with Crippen LogP contribution in [0.25, 0.3) is 0 Å². The van der Waals surface area contributed by atoms with E-state index < -0.39 is 7.82 Å². The average Bonchev–Trinajstić information content (AvgIpc) is 2.34. The fourth-order valence-corrected chi connectivity index (χ4v) is 2.14. The van der Waals surface area contributed by atoms with Crippen molar-refractivity contribution in [2.75, 3.05) is 27.7 Å². The molecule has 0 amide bonds. The molecule has 6 nitrogen and oxygen atoms in total. The number of hydrogen-bond donors (Lipinski definition) is 3. The molecule has 0 aromatic rings. The van der Waals surface area contributed by atoms with Crippen molar-refractivity contribution in [1.82, 2.24) is 11.1 Å². The van der Waals surface area contributed by atoms with Crippen molar-refractivity contribution in [3.63, 3.8) is 0 Å². The molecule has 138 valence electrons. The van der Waals surface area contributed by atoms with E-state index in [0.29, 0.717) is 0 Å². The Morgan fingerprint density at radius 2 is 1.14 bits per heavy atom. The highest BCUT2D eigenvalue weighted by molar-refractivity contribution is 7.46. The second-order valence-corrected chi connectivity index (χ2v) is 7.09. The Bertz CT molecular complexity index is 245. The van der Waals surface area contributed by atoms with Gasteiger partial charge < -0.3 is 20.8 Å². The summed E-state index contributed by atoms with van der Waals surface area (Å²) in [6, 6.07) is 0. The van der Waals surface area contributed by atoms with Crippen molar-refractivity contribution >= 4 is 7.82 Å². The average molecular weight is 342 g/mol. The topological polar surface area (TPSA) is 105 Å². The van der Waals surface area contributed by atoms with Gasteiger partial charge in [-0.1, -0.05) is 64.7 Å². The van der Waals surface area contributed by atoms with Gasteiger partial charge in [0, 0.05) is 0 Å². The van der Waals surface area contributed by atoms with Crippen molar-refractivity contribution in [3.05, 3.63) is 0 Å². The Labute approximate surface area is 137 Å². The fraction of sp³-hybridized carbons (Fsp3) is 1.00. The summed E-state index contributed by atoms with van der Waals surface area (Å²) in [4.78, 5) is 18.9. The Morgan fingerprint density at radius 1 is 0.818 bits per heavy atom. The molecular weight excluding hydrogens is 303 g/mol. The van der Waals surface area contributed by atoms with Gasteiger partial charge in [-0.05, 0) is 27.6 Å². The first-order valence-electron chi connectivity index (χ1n) is 8.10. The molecule has 7 heteroatoms. The highest BCUT2D eigenvalue weighted by atomic mass is 31.2. The quantitative estimate of drug-likeness (QED) is 0.359. The Balaban J connectivity index is -0.000000640. The molecule has 22 heavy (non-hydrogen) atoms. The van der Waals surface area contributed by atoms with Crippen LogP contribution in [0, 0.1) is 0 Å². The van der Waals surface area contributed by atoms with Gasteiger partial charge in [0.1, 0.15) is 0 Å². The lowest BCUT2D eigenvalue weighted by Gasteiger charge is -2.05. The third kappa shape index (κ3) is 36.9. The molecule has 0 atom stereocenters. The van der Waals surface area contributed by atoms with E-state index in [9.17, 15) is 4.57 Å². The summed E-state index contributed by atoms with van der Waals surface area (Å²) in [5.74, 6) is 0. The van der Waals surface area contributed by atoms with Gasteiger partial charge in [-0.2, -0.15) is 0 Å². The third-order valence-corrected chi connectivity index (χ3v) is 3.28. The SMILES string of the molecule is CCCCCCCCCCCCOP(=O)(O)O.CN(C)C.N. The van der Waals surface area contributed by atoms with Gasteiger partial charge >= 0.3 is 7.82 Å². The lowest BCUT2D eigenvalue weighted by Crippen LogP contribution is -1.99. The van der Waals surface area contributed by atoms with E-state index in [-0.39, 0.29) is 12.8 Å². The predicted molar refractivity (Wildman–Crippen MR) is 94.5 cm³/mol. The molecule has 0 aliphatic rings. The van der Waals surface area contributed by atoms with Crippen LogP contribution < -0.4 is 6.15 Å². The van der Waals surface area contributed by atoms with Gasteiger partial charge in [0.15, 0.2) is 0 Å². The van der Waals surface area contributed by atoms with E-state index >= 15 is 0 Å². The standard InChI is InChI=1S/C12H27O4P.C3H9N.H3N/c1-2-3-4-5-6-7-8-9-10-11-12-16-17(13,14)15;1-4(2)3;/h2-12H2,1H3,(H2,13,14,15);1-3H3;1H3. The van der Waals surface area contributed by atoms with Crippen molar-refractivity contribution in [1.29, 1.82) is 0 Å². The second kappa shape index (κ2) is 19.1. The molecule has 0 aromatic heterocycles. The Kier molecular flexibility index (Phi) is 23.3. The van der Waals surface area contributed by atoms with Gasteiger partial charge in [-0.3, -0.25) is 4.52 Å². The van der Waals surface area contributed by atoms with Crippen LogP contribution in [0.3, 0.4) is 0 Å². The highest BCUT2D eigenvalue weighted by Crippen LogP contribution is 2.35. The molecule has 0 bridgehead atoms. The van der Waals surface area contributed by atoms with Gasteiger partial charge in [0.2, 0.25) is 0 Å². The highest BCUT2D eigenvalue weighted by Gasteiger charge is 2.12. The maximum absolute atomic E-state index is 10.4. The van der Waals surface area contributed by atoms with E-state index in [1.807, 2.05) is 26.0 Å². The van der Waals surface area contributed by atoms with E-state index in [1.54, 1.807) is 0 Å². The van der Waals surface area contributed by atoms with E-state index in [0.717, 1.165) is 19.3 Å². The van der Waals surface area contributed by atoms with Gasteiger partial charge in [-0.25, -0.2) is 4.57 Å². The zero-order valence-corrected chi connectivity index (χ0v) is 16.0. The predicted octanol–water partition coefficient (Wildman–Crippen LogP) is 4.36. The second-order valence-electron chi connectivity index (χ2n) is 5.85. The summed E-state index contributed by atoms with van der Waals surface area (Å²) < 4.78 is 14.7. The van der Waals surface area contributed by atoms with Crippen LogP contribution in [-0.4, -0.2) is 42.4 Å². The molecular formula is C15H39N2O4P. The monoisotopic (exact) mass is 342 g/mol. The molecule has 0 rings (SSSR count). The molecule has 0 saturated heterocycles. The van der Waals surface area contributed by atoms with Crippen molar-refractivity contribution in [2.24, 2.45) is 0 Å². The van der Waals surface area contributed by atoms with Crippen LogP contribution in [0.4, 0.5) is 0 Å². The van der Waals surface area contributed by atoms with Crippen LogP contribution in [0.2, 0.25) is 0 Å². The number of rotatable bonds is 12. The van der Waals surface area contributed by atoms with E-state index in [2.05, 4.69) is 11.4 Å². The molecule has 0 unspecified atom stereocenters. The minimum Gasteiger partial charge on any atom is -0.344 e. The first kappa shape index (κ1) is 26.9. The summed E-state index contributed by atoms with van der Waals surface area (Å²) in [6.45, 7) is 2.39. The molecule has 0 aromatic carbocycles. The summed E-state index contributed by atoms with van der Waals surface area (Å²) >= 11 is 0. The fourth-order valence-electron chi connectivity index (χ4n) is 1.77. The van der Waals surface area contributed by atoms with Crippen molar-refractivity contribution < 1.29 is 18.9 Å². The van der Waals surface area contributed by atoms with Crippen LogP contribution in [0.1, 0.15) is 71.1 Å². The smallest absolute Gasteiger partial charge is 0.344 e. The molecule has 0 spiro atoms. The Morgan fingerprint density at radius 3 is 1.45 bits per heavy atom. The normalized spacial score (nSPS) is 10.9. The lowest BCUT2D eigenvalue weighted by atomic mass is 10.1. The first-order valence-corrected chi connectivity index (χ1v) is 9.63.